The molecule has 2 amide bonds. The van der Waals surface area contributed by atoms with Crippen molar-refractivity contribution in [2.75, 3.05) is 33.3 Å². The topological polar surface area (TPSA) is 82.7 Å². The number of amides is 2. The number of pyridine rings is 1. The summed E-state index contributed by atoms with van der Waals surface area (Å²) >= 11 is 0. The summed E-state index contributed by atoms with van der Waals surface area (Å²) in [5, 5.41) is 0. The van der Waals surface area contributed by atoms with Crippen molar-refractivity contribution in [2.45, 2.75) is 13.3 Å². The Morgan fingerprint density at radius 2 is 1.63 bits per heavy atom. The van der Waals surface area contributed by atoms with Crippen LogP contribution in [-0.2, 0) is 6.42 Å². The van der Waals surface area contributed by atoms with Crippen LogP contribution in [0.1, 0.15) is 33.3 Å². The quantitative estimate of drug-likeness (QED) is 0.886. The van der Waals surface area contributed by atoms with E-state index >= 15 is 0 Å². The van der Waals surface area contributed by atoms with Crippen molar-refractivity contribution in [3.05, 3.63) is 63.6 Å². The average molecular weight is 369 g/mol. The Kier molecular flexibility index (Phi) is 5.59. The Labute approximate surface area is 157 Å². The number of methoxy groups -OCH3 is 1. The fourth-order valence-corrected chi connectivity index (χ4v) is 3.15. The molecule has 1 aromatic carbocycles. The van der Waals surface area contributed by atoms with Gasteiger partial charge in [-0.25, -0.2) is 0 Å². The zero-order chi connectivity index (χ0) is 19.4. The number of H-pyrrole nitrogens is 1. The molecule has 0 radical (unpaired) electrons. The molecular weight excluding hydrogens is 346 g/mol. The van der Waals surface area contributed by atoms with Crippen LogP contribution < -0.4 is 10.3 Å². The van der Waals surface area contributed by atoms with Gasteiger partial charge in [-0.3, -0.25) is 14.4 Å². The van der Waals surface area contributed by atoms with E-state index in [1.54, 1.807) is 47.2 Å². The van der Waals surface area contributed by atoms with Crippen LogP contribution in [0.4, 0.5) is 0 Å². The second kappa shape index (κ2) is 8.07. The number of benzene rings is 1. The number of rotatable bonds is 4. The van der Waals surface area contributed by atoms with E-state index in [9.17, 15) is 14.4 Å². The van der Waals surface area contributed by atoms with E-state index in [4.69, 9.17) is 4.74 Å². The van der Waals surface area contributed by atoms with Crippen molar-refractivity contribution in [1.82, 2.24) is 14.8 Å². The van der Waals surface area contributed by atoms with Gasteiger partial charge in [-0.15, -0.1) is 0 Å². The van der Waals surface area contributed by atoms with Crippen molar-refractivity contribution < 1.29 is 14.3 Å². The van der Waals surface area contributed by atoms with Gasteiger partial charge in [-0.1, -0.05) is 13.0 Å². The highest BCUT2D eigenvalue weighted by Gasteiger charge is 2.26. The molecule has 1 aliphatic heterocycles. The first-order valence-electron chi connectivity index (χ1n) is 8.97. The first kappa shape index (κ1) is 18.7. The molecule has 0 spiro atoms. The fraction of sp³-hybridized carbons (Fsp3) is 0.350. The van der Waals surface area contributed by atoms with E-state index in [0.29, 0.717) is 49.5 Å². The number of ether oxygens (including phenoxy) is 1. The van der Waals surface area contributed by atoms with Gasteiger partial charge in [0.15, 0.2) is 0 Å². The smallest absolute Gasteiger partial charge is 0.254 e. The molecule has 0 unspecified atom stereocenters. The van der Waals surface area contributed by atoms with Crippen LogP contribution in [0.15, 0.2) is 41.2 Å². The normalized spacial score (nSPS) is 14.1. The van der Waals surface area contributed by atoms with Gasteiger partial charge in [0, 0.05) is 49.1 Å². The highest BCUT2D eigenvalue weighted by Crippen LogP contribution is 2.16. The van der Waals surface area contributed by atoms with Crippen LogP contribution in [0.2, 0.25) is 0 Å². The standard InChI is InChI=1S/C20H23N3O4/c1-3-16-11-15(13-18(24)21-16)20(26)23-9-7-22(8-10-23)19(25)14-5-4-6-17(12-14)27-2/h4-6,11-13H,3,7-10H2,1-2H3,(H,21,24). The third kappa shape index (κ3) is 4.19. The predicted octanol–water partition coefficient (Wildman–Crippen LogP) is 1.54. The second-order valence-electron chi connectivity index (χ2n) is 6.43. The number of piperazine rings is 1. The Morgan fingerprint density at radius 3 is 2.22 bits per heavy atom. The molecule has 2 heterocycles. The highest BCUT2D eigenvalue weighted by atomic mass is 16.5. The Hall–Kier alpha value is -3.09. The zero-order valence-electron chi connectivity index (χ0n) is 15.5. The van der Waals surface area contributed by atoms with E-state index in [0.717, 1.165) is 5.69 Å². The summed E-state index contributed by atoms with van der Waals surface area (Å²) in [6.07, 6.45) is 0.652. The lowest BCUT2D eigenvalue weighted by Crippen LogP contribution is -2.50. The third-order valence-corrected chi connectivity index (χ3v) is 4.70. The lowest BCUT2D eigenvalue weighted by atomic mass is 10.1. The number of aryl methyl sites for hydroxylation is 1. The van der Waals surface area contributed by atoms with E-state index in [1.165, 1.54) is 6.07 Å². The maximum atomic E-state index is 12.7. The van der Waals surface area contributed by atoms with E-state index in [-0.39, 0.29) is 17.4 Å². The summed E-state index contributed by atoms with van der Waals surface area (Å²) in [6.45, 7) is 3.69. The van der Waals surface area contributed by atoms with Crippen LogP contribution in [0.5, 0.6) is 5.75 Å². The van der Waals surface area contributed by atoms with Gasteiger partial charge in [-0.05, 0) is 30.7 Å². The molecule has 1 saturated heterocycles. The number of nitrogens with zero attached hydrogens (tertiary/aromatic N) is 2. The van der Waals surface area contributed by atoms with Gasteiger partial charge < -0.3 is 19.5 Å². The average Bonchev–Trinajstić information content (AvgIpc) is 2.72. The molecular formula is C20H23N3O4. The lowest BCUT2D eigenvalue weighted by molar-refractivity contribution is 0.0535. The number of aromatic amines is 1. The number of hydrogen-bond acceptors (Lipinski definition) is 4. The summed E-state index contributed by atoms with van der Waals surface area (Å²) in [6, 6.07) is 10.1. The minimum absolute atomic E-state index is 0.0783. The summed E-state index contributed by atoms with van der Waals surface area (Å²) in [5.74, 6) is 0.380. The maximum absolute atomic E-state index is 12.7. The van der Waals surface area contributed by atoms with Gasteiger partial charge in [-0.2, -0.15) is 0 Å². The Balaban J connectivity index is 1.66. The molecule has 7 nitrogen and oxygen atoms in total. The molecule has 3 rings (SSSR count). The summed E-state index contributed by atoms with van der Waals surface area (Å²) < 4.78 is 5.17. The Morgan fingerprint density at radius 1 is 1.00 bits per heavy atom. The van der Waals surface area contributed by atoms with Crippen LogP contribution in [0, 0.1) is 0 Å². The monoisotopic (exact) mass is 369 g/mol. The van der Waals surface area contributed by atoms with Crippen LogP contribution in [0.25, 0.3) is 0 Å². The molecule has 0 bridgehead atoms. The van der Waals surface area contributed by atoms with Gasteiger partial charge in [0.25, 0.3) is 11.8 Å². The number of carbonyl (C=O) groups excluding carboxylic acids is 2. The minimum atomic E-state index is -0.274. The van der Waals surface area contributed by atoms with Crippen molar-refractivity contribution in [2.24, 2.45) is 0 Å². The predicted molar refractivity (Wildman–Crippen MR) is 101 cm³/mol. The van der Waals surface area contributed by atoms with Crippen molar-refractivity contribution >= 4 is 11.8 Å². The molecule has 0 aliphatic carbocycles. The van der Waals surface area contributed by atoms with E-state index in [1.807, 2.05) is 6.92 Å². The molecule has 1 N–H and O–H groups in total. The molecule has 1 fully saturated rings. The fourth-order valence-electron chi connectivity index (χ4n) is 3.15. The maximum Gasteiger partial charge on any atom is 0.254 e. The largest absolute Gasteiger partial charge is 0.497 e. The highest BCUT2D eigenvalue weighted by molar-refractivity contribution is 5.96. The summed E-state index contributed by atoms with van der Waals surface area (Å²) in [5.41, 5.74) is 1.42. The number of hydrogen-bond donors (Lipinski definition) is 1. The summed E-state index contributed by atoms with van der Waals surface area (Å²) in [7, 11) is 1.56. The van der Waals surface area contributed by atoms with Gasteiger partial charge in [0.05, 0.1) is 7.11 Å². The van der Waals surface area contributed by atoms with Crippen LogP contribution in [-0.4, -0.2) is 59.9 Å². The SMILES string of the molecule is CCc1cc(C(=O)N2CCN(C(=O)c3cccc(OC)c3)CC2)cc(=O)[nH]1. The summed E-state index contributed by atoms with van der Waals surface area (Å²) in [4.78, 5) is 43.2. The number of carbonyl (C=O) groups is 2. The molecule has 0 saturated carbocycles. The van der Waals surface area contributed by atoms with Gasteiger partial charge in [0.2, 0.25) is 5.56 Å². The van der Waals surface area contributed by atoms with Crippen molar-refractivity contribution in [3.63, 3.8) is 0 Å². The zero-order valence-corrected chi connectivity index (χ0v) is 15.5. The first-order chi connectivity index (χ1) is 13.0. The molecule has 1 aromatic heterocycles. The molecule has 0 atom stereocenters. The van der Waals surface area contributed by atoms with E-state index < -0.39 is 0 Å². The second-order valence-corrected chi connectivity index (χ2v) is 6.43. The molecule has 7 heteroatoms. The minimum Gasteiger partial charge on any atom is -0.497 e. The van der Waals surface area contributed by atoms with Crippen molar-refractivity contribution in [3.8, 4) is 5.75 Å². The molecule has 27 heavy (non-hydrogen) atoms. The van der Waals surface area contributed by atoms with Gasteiger partial charge in [0.1, 0.15) is 5.75 Å². The molecule has 142 valence electrons. The van der Waals surface area contributed by atoms with Crippen LogP contribution in [0.3, 0.4) is 0 Å². The molecule has 1 aliphatic rings. The molecule has 2 aromatic rings. The first-order valence-corrected chi connectivity index (χ1v) is 8.97. The lowest BCUT2D eigenvalue weighted by Gasteiger charge is -2.35. The van der Waals surface area contributed by atoms with E-state index in [2.05, 4.69) is 4.98 Å². The number of aromatic nitrogens is 1. The van der Waals surface area contributed by atoms with Gasteiger partial charge >= 0.3 is 0 Å². The third-order valence-electron chi connectivity index (χ3n) is 4.70. The Bertz CT molecular complexity index is 898. The van der Waals surface area contributed by atoms with Crippen LogP contribution >= 0.6 is 0 Å². The number of nitrogens with one attached hydrogen (secondary N) is 1. The van der Waals surface area contributed by atoms with Crippen molar-refractivity contribution in [1.29, 1.82) is 0 Å².